The Balaban J connectivity index is 2.08. The van der Waals surface area contributed by atoms with Crippen LogP contribution in [0.2, 0.25) is 0 Å². The van der Waals surface area contributed by atoms with Gasteiger partial charge in [-0.3, -0.25) is 0 Å². The predicted octanol–water partition coefficient (Wildman–Crippen LogP) is 3.16. The van der Waals surface area contributed by atoms with Crippen molar-refractivity contribution < 1.29 is 9.15 Å². The molecule has 0 radical (unpaired) electrons. The van der Waals surface area contributed by atoms with Gasteiger partial charge in [0.15, 0.2) is 0 Å². The van der Waals surface area contributed by atoms with Crippen molar-refractivity contribution >= 4 is 11.6 Å². The summed E-state index contributed by atoms with van der Waals surface area (Å²) in [4.78, 5) is 8.12. The SMILES string of the molecule is CCc1ccc(C(Cl)Cc2cc(OC)ncn2)o1. The van der Waals surface area contributed by atoms with Crippen LogP contribution in [0.1, 0.15) is 29.5 Å². The number of halogens is 1. The first-order valence-corrected chi connectivity index (χ1v) is 6.24. The number of rotatable bonds is 5. The molecule has 2 heterocycles. The summed E-state index contributed by atoms with van der Waals surface area (Å²) in [5.41, 5.74) is 0.830. The van der Waals surface area contributed by atoms with Crippen LogP contribution in [0.3, 0.4) is 0 Å². The Labute approximate surface area is 111 Å². The van der Waals surface area contributed by atoms with Crippen molar-refractivity contribution in [1.82, 2.24) is 9.97 Å². The van der Waals surface area contributed by atoms with Gasteiger partial charge in [0.25, 0.3) is 0 Å². The van der Waals surface area contributed by atoms with Crippen molar-refractivity contribution in [3.8, 4) is 5.88 Å². The Hall–Kier alpha value is -1.55. The lowest BCUT2D eigenvalue weighted by molar-refractivity contribution is 0.395. The predicted molar refractivity (Wildman–Crippen MR) is 69.0 cm³/mol. The van der Waals surface area contributed by atoms with Crippen molar-refractivity contribution in [3.63, 3.8) is 0 Å². The van der Waals surface area contributed by atoms with E-state index in [-0.39, 0.29) is 5.38 Å². The van der Waals surface area contributed by atoms with Gasteiger partial charge < -0.3 is 9.15 Å². The van der Waals surface area contributed by atoms with Crippen LogP contribution in [0.4, 0.5) is 0 Å². The van der Waals surface area contributed by atoms with Gasteiger partial charge in [0.2, 0.25) is 5.88 Å². The van der Waals surface area contributed by atoms with E-state index in [1.54, 1.807) is 13.2 Å². The van der Waals surface area contributed by atoms with E-state index in [1.807, 2.05) is 19.1 Å². The van der Waals surface area contributed by atoms with Crippen molar-refractivity contribution in [2.75, 3.05) is 7.11 Å². The van der Waals surface area contributed by atoms with Crippen LogP contribution in [0.5, 0.6) is 5.88 Å². The van der Waals surface area contributed by atoms with Crippen molar-refractivity contribution in [3.05, 3.63) is 41.7 Å². The minimum absolute atomic E-state index is 0.232. The summed E-state index contributed by atoms with van der Waals surface area (Å²) in [6, 6.07) is 5.64. The second kappa shape index (κ2) is 5.87. The molecule has 2 aromatic rings. The monoisotopic (exact) mass is 266 g/mol. The number of methoxy groups -OCH3 is 1. The van der Waals surface area contributed by atoms with E-state index in [1.165, 1.54) is 6.33 Å². The van der Waals surface area contributed by atoms with E-state index in [2.05, 4.69) is 9.97 Å². The topological polar surface area (TPSA) is 48.2 Å². The van der Waals surface area contributed by atoms with Crippen molar-refractivity contribution in [2.24, 2.45) is 0 Å². The van der Waals surface area contributed by atoms with Gasteiger partial charge in [0, 0.05) is 24.6 Å². The van der Waals surface area contributed by atoms with E-state index < -0.39 is 0 Å². The maximum absolute atomic E-state index is 6.31. The van der Waals surface area contributed by atoms with E-state index in [9.17, 15) is 0 Å². The van der Waals surface area contributed by atoms with Crippen LogP contribution in [0.25, 0.3) is 0 Å². The van der Waals surface area contributed by atoms with E-state index in [0.29, 0.717) is 12.3 Å². The molecule has 0 fully saturated rings. The highest BCUT2D eigenvalue weighted by molar-refractivity contribution is 6.20. The molecule has 0 spiro atoms. The van der Waals surface area contributed by atoms with Crippen molar-refractivity contribution in [2.45, 2.75) is 25.1 Å². The Kier molecular flexibility index (Phi) is 4.20. The molecule has 0 aliphatic rings. The highest BCUT2D eigenvalue weighted by atomic mass is 35.5. The molecule has 0 aromatic carbocycles. The van der Waals surface area contributed by atoms with Gasteiger partial charge in [-0.1, -0.05) is 6.92 Å². The first-order chi connectivity index (χ1) is 8.72. The molecule has 5 heteroatoms. The highest BCUT2D eigenvalue weighted by Gasteiger charge is 2.14. The lowest BCUT2D eigenvalue weighted by Crippen LogP contribution is -1.99. The van der Waals surface area contributed by atoms with Crippen LogP contribution < -0.4 is 4.74 Å². The quantitative estimate of drug-likeness (QED) is 0.780. The fourth-order valence-corrected chi connectivity index (χ4v) is 1.91. The Bertz CT molecular complexity index is 513. The summed E-state index contributed by atoms with van der Waals surface area (Å²) in [7, 11) is 1.57. The molecule has 4 nitrogen and oxygen atoms in total. The first kappa shape index (κ1) is 12.9. The molecule has 1 atom stereocenters. The largest absolute Gasteiger partial charge is 0.481 e. The fraction of sp³-hybridized carbons (Fsp3) is 0.385. The third-order valence-corrected chi connectivity index (χ3v) is 3.01. The number of nitrogens with zero attached hydrogens (tertiary/aromatic N) is 2. The number of alkyl halides is 1. The molecule has 0 bridgehead atoms. The number of aryl methyl sites for hydroxylation is 1. The summed E-state index contributed by atoms with van der Waals surface area (Å²) < 4.78 is 10.7. The lowest BCUT2D eigenvalue weighted by atomic mass is 10.2. The lowest BCUT2D eigenvalue weighted by Gasteiger charge is -2.06. The molecule has 96 valence electrons. The van der Waals surface area contributed by atoms with Gasteiger partial charge in [-0.05, 0) is 12.1 Å². The number of furan rings is 1. The van der Waals surface area contributed by atoms with E-state index in [0.717, 1.165) is 23.6 Å². The van der Waals surface area contributed by atoms with Crippen LogP contribution >= 0.6 is 11.6 Å². The molecular weight excluding hydrogens is 252 g/mol. The fourth-order valence-electron chi connectivity index (χ4n) is 1.64. The van der Waals surface area contributed by atoms with Gasteiger partial charge >= 0.3 is 0 Å². The molecule has 0 aliphatic carbocycles. The van der Waals surface area contributed by atoms with Crippen LogP contribution in [-0.4, -0.2) is 17.1 Å². The summed E-state index contributed by atoms with van der Waals surface area (Å²) in [6.07, 6.45) is 2.92. The van der Waals surface area contributed by atoms with Gasteiger partial charge in [0.1, 0.15) is 17.8 Å². The standard InChI is InChI=1S/C13H15ClN2O2/c1-3-10-4-5-12(18-10)11(14)6-9-7-13(17-2)16-8-15-9/h4-5,7-8,11H,3,6H2,1-2H3. The van der Waals surface area contributed by atoms with Gasteiger partial charge in [-0.25, -0.2) is 9.97 Å². The maximum atomic E-state index is 6.31. The van der Waals surface area contributed by atoms with Gasteiger partial charge in [0.05, 0.1) is 12.5 Å². The number of hydrogen-bond donors (Lipinski definition) is 0. The first-order valence-electron chi connectivity index (χ1n) is 5.80. The summed E-state index contributed by atoms with van der Waals surface area (Å²) >= 11 is 6.31. The summed E-state index contributed by atoms with van der Waals surface area (Å²) in [5.74, 6) is 2.25. The molecule has 18 heavy (non-hydrogen) atoms. The molecule has 0 N–H and O–H groups in total. The molecule has 2 rings (SSSR count). The number of ether oxygens (including phenoxy) is 1. The Morgan fingerprint density at radius 3 is 2.89 bits per heavy atom. The highest BCUT2D eigenvalue weighted by Crippen LogP contribution is 2.26. The third kappa shape index (κ3) is 3.01. The minimum Gasteiger partial charge on any atom is -0.481 e. The second-order valence-electron chi connectivity index (χ2n) is 3.88. The molecule has 0 aliphatic heterocycles. The average Bonchev–Trinajstić information content (AvgIpc) is 2.88. The molecule has 2 aromatic heterocycles. The normalized spacial score (nSPS) is 12.4. The van der Waals surface area contributed by atoms with Gasteiger partial charge in [-0.2, -0.15) is 0 Å². The summed E-state index contributed by atoms with van der Waals surface area (Å²) in [5, 5.41) is -0.232. The number of aromatic nitrogens is 2. The Morgan fingerprint density at radius 1 is 1.39 bits per heavy atom. The van der Waals surface area contributed by atoms with Crippen LogP contribution in [-0.2, 0) is 12.8 Å². The van der Waals surface area contributed by atoms with Crippen LogP contribution in [0, 0.1) is 0 Å². The molecule has 1 unspecified atom stereocenters. The zero-order valence-corrected chi connectivity index (χ0v) is 11.1. The molecule has 0 amide bonds. The molecule has 0 saturated heterocycles. The third-order valence-electron chi connectivity index (χ3n) is 2.64. The zero-order valence-electron chi connectivity index (χ0n) is 10.4. The smallest absolute Gasteiger partial charge is 0.216 e. The molecule has 0 saturated carbocycles. The zero-order chi connectivity index (χ0) is 13.0. The maximum Gasteiger partial charge on any atom is 0.216 e. The second-order valence-corrected chi connectivity index (χ2v) is 4.41. The van der Waals surface area contributed by atoms with E-state index >= 15 is 0 Å². The molecular formula is C13H15ClN2O2. The average molecular weight is 267 g/mol. The summed E-state index contributed by atoms with van der Waals surface area (Å²) in [6.45, 7) is 2.04. The number of hydrogen-bond acceptors (Lipinski definition) is 4. The van der Waals surface area contributed by atoms with Crippen LogP contribution in [0.15, 0.2) is 28.9 Å². The van der Waals surface area contributed by atoms with Gasteiger partial charge in [-0.15, -0.1) is 11.6 Å². The Morgan fingerprint density at radius 2 is 2.22 bits per heavy atom. The van der Waals surface area contributed by atoms with Crippen molar-refractivity contribution in [1.29, 1.82) is 0 Å². The minimum atomic E-state index is -0.232. The van der Waals surface area contributed by atoms with E-state index in [4.69, 9.17) is 20.8 Å².